The first-order valence-corrected chi connectivity index (χ1v) is 4.11. The van der Waals surface area contributed by atoms with Gasteiger partial charge >= 0.3 is 0 Å². The third-order valence-electron chi connectivity index (χ3n) is 1.94. The van der Waals surface area contributed by atoms with Crippen LogP contribution in [-0.4, -0.2) is 19.5 Å². The molecule has 0 N–H and O–H groups in total. The molecule has 0 spiro atoms. The number of ether oxygens (including phenoxy) is 1. The summed E-state index contributed by atoms with van der Waals surface area (Å²) in [4.78, 5) is 9.93. The minimum atomic E-state index is 0.639. The Kier molecular flexibility index (Phi) is 3.91. The van der Waals surface area contributed by atoms with Gasteiger partial charge in [0.2, 0.25) is 0 Å². The maximum absolute atomic E-state index is 9.93. The third-order valence-corrected chi connectivity index (χ3v) is 1.94. The molecule has 0 bridgehead atoms. The molecule has 11 heavy (non-hydrogen) atoms. The van der Waals surface area contributed by atoms with Gasteiger partial charge in [0.1, 0.15) is 6.29 Å². The average molecular weight is 154 g/mol. The van der Waals surface area contributed by atoms with E-state index < -0.39 is 0 Å². The highest BCUT2D eigenvalue weighted by Gasteiger charge is 2.11. The fraction of sp³-hybridized carbons (Fsp3) is 0.667. The molecule has 1 aliphatic rings. The lowest BCUT2D eigenvalue weighted by Gasteiger charge is -2.20. The Hall–Kier alpha value is -0.630. The molecule has 1 aliphatic heterocycles. The number of allylic oxidation sites excluding steroid dienone is 2. The van der Waals surface area contributed by atoms with E-state index in [0.29, 0.717) is 5.92 Å². The Morgan fingerprint density at radius 2 is 2.45 bits per heavy atom. The van der Waals surface area contributed by atoms with E-state index in [1.54, 1.807) is 6.08 Å². The van der Waals surface area contributed by atoms with E-state index in [4.69, 9.17) is 4.74 Å². The van der Waals surface area contributed by atoms with Crippen molar-refractivity contribution in [3.05, 3.63) is 12.2 Å². The molecule has 0 aromatic carbocycles. The average Bonchev–Trinajstić information content (AvgIpc) is 2.07. The second-order valence-electron chi connectivity index (χ2n) is 2.88. The summed E-state index contributed by atoms with van der Waals surface area (Å²) in [5, 5.41) is 0. The zero-order chi connectivity index (χ0) is 7.94. The molecule has 0 radical (unpaired) electrons. The molecular weight excluding hydrogens is 140 g/mol. The summed E-state index contributed by atoms with van der Waals surface area (Å²) in [6.45, 7) is 1.77. The number of aldehydes is 1. The lowest BCUT2D eigenvalue weighted by atomic mass is 9.99. The molecule has 1 heterocycles. The highest BCUT2D eigenvalue weighted by molar-refractivity contribution is 5.64. The molecule has 2 nitrogen and oxygen atoms in total. The fourth-order valence-electron chi connectivity index (χ4n) is 1.32. The predicted molar refractivity (Wildman–Crippen MR) is 43.4 cm³/mol. The van der Waals surface area contributed by atoms with E-state index in [-0.39, 0.29) is 0 Å². The number of hydrogen-bond acceptors (Lipinski definition) is 2. The molecule has 1 atom stereocenters. The van der Waals surface area contributed by atoms with Crippen molar-refractivity contribution in [2.75, 3.05) is 13.2 Å². The van der Waals surface area contributed by atoms with Crippen LogP contribution in [0.1, 0.15) is 19.3 Å². The molecular formula is C9H14O2. The van der Waals surface area contributed by atoms with E-state index in [2.05, 4.69) is 0 Å². The highest BCUT2D eigenvalue weighted by Crippen LogP contribution is 2.16. The van der Waals surface area contributed by atoms with Gasteiger partial charge in [0.15, 0.2) is 0 Å². The van der Waals surface area contributed by atoms with Crippen LogP contribution in [0.15, 0.2) is 12.2 Å². The van der Waals surface area contributed by atoms with Crippen molar-refractivity contribution in [1.82, 2.24) is 0 Å². The Bertz CT molecular complexity index is 134. The van der Waals surface area contributed by atoms with Gasteiger partial charge < -0.3 is 4.74 Å². The Labute approximate surface area is 67.2 Å². The molecule has 2 heteroatoms. The molecule has 0 aliphatic carbocycles. The van der Waals surface area contributed by atoms with E-state index in [0.717, 1.165) is 25.9 Å². The second kappa shape index (κ2) is 5.08. The van der Waals surface area contributed by atoms with Crippen molar-refractivity contribution in [1.29, 1.82) is 0 Å². The standard InChI is InChI=1S/C9H14O2/c10-6-2-1-4-9-5-3-7-11-8-9/h1-2,6,9H,3-5,7-8H2/b2-1-. The van der Waals surface area contributed by atoms with Crippen LogP contribution >= 0.6 is 0 Å². The van der Waals surface area contributed by atoms with Crippen molar-refractivity contribution in [2.24, 2.45) is 5.92 Å². The van der Waals surface area contributed by atoms with Crippen LogP contribution in [-0.2, 0) is 9.53 Å². The maximum atomic E-state index is 9.93. The van der Waals surface area contributed by atoms with Gasteiger partial charge in [0.25, 0.3) is 0 Å². The van der Waals surface area contributed by atoms with Crippen molar-refractivity contribution < 1.29 is 9.53 Å². The zero-order valence-corrected chi connectivity index (χ0v) is 6.66. The summed E-state index contributed by atoms with van der Waals surface area (Å²) in [5.41, 5.74) is 0. The van der Waals surface area contributed by atoms with Crippen molar-refractivity contribution in [3.8, 4) is 0 Å². The normalized spacial score (nSPS) is 25.6. The first kappa shape index (κ1) is 8.47. The molecule has 0 saturated carbocycles. The molecule has 0 aromatic rings. The van der Waals surface area contributed by atoms with E-state index in [1.807, 2.05) is 6.08 Å². The fourth-order valence-corrected chi connectivity index (χ4v) is 1.32. The largest absolute Gasteiger partial charge is 0.381 e. The monoisotopic (exact) mass is 154 g/mol. The van der Waals surface area contributed by atoms with Crippen molar-refractivity contribution >= 4 is 6.29 Å². The first-order valence-electron chi connectivity index (χ1n) is 4.11. The zero-order valence-electron chi connectivity index (χ0n) is 6.66. The lowest BCUT2D eigenvalue weighted by molar-refractivity contribution is -0.104. The molecule has 1 saturated heterocycles. The van der Waals surface area contributed by atoms with Crippen LogP contribution < -0.4 is 0 Å². The van der Waals surface area contributed by atoms with Gasteiger partial charge in [-0.3, -0.25) is 4.79 Å². The Morgan fingerprint density at radius 1 is 1.55 bits per heavy atom. The third kappa shape index (κ3) is 3.33. The van der Waals surface area contributed by atoms with Crippen LogP contribution in [0.25, 0.3) is 0 Å². The smallest absolute Gasteiger partial charge is 0.142 e. The topological polar surface area (TPSA) is 26.3 Å². The van der Waals surface area contributed by atoms with Crippen LogP contribution in [0.2, 0.25) is 0 Å². The number of rotatable bonds is 3. The van der Waals surface area contributed by atoms with Gasteiger partial charge in [-0.15, -0.1) is 0 Å². The van der Waals surface area contributed by atoms with Gasteiger partial charge in [0.05, 0.1) is 0 Å². The van der Waals surface area contributed by atoms with Crippen LogP contribution in [0, 0.1) is 5.92 Å². The van der Waals surface area contributed by atoms with Gasteiger partial charge in [-0.2, -0.15) is 0 Å². The van der Waals surface area contributed by atoms with Crippen molar-refractivity contribution in [3.63, 3.8) is 0 Å². The Morgan fingerprint density at radius 3 is 3.09 bits per heavy atom. The Balaban J connectivity index is 2.14. The van der Waals surface area contributed by atoms with Crippen LogP contribution in [0.3, 0.4) is 0 Å². The summed E-state index contributed by atoms with van der Waals surface area (Å²) < 4.78 is 5.29. The number of carbonyl (C=O) groups is 1. The van der Waals surface area contributed by atoms with Crippen LogP contribution in [0.5, 0.6) is 0 Å². The summed E-state index contributed by atoms with van der Waals surface area (Å²) in [5.74, 6) is 0.639. The first-order chi connectivity index (χ1) is 5.43. The quantitative estimate of drug-likeness (QED) is 0.455. The van der Waals surface area contributed by atoms with E-state index in [1.165, 1.54) is 12.8 Å². The van der Waals surface area contributed by atoms with E-state index >= 15 is 0 Å². The minimum Gasteiger partial charge on any atom is -0.381 e. The maximum Gasteiger partial charge on any atom is 0.142 e. The van der Waals surface area contributed by atoms with E-state index in [9.17, 15) is 4.79 Å². The van der Waals surface area contributed by atoms with Gasteiger partial charge in [-0.25, -0.2) is 0 Å². The molecule has 1 rings (SSSR count). The minimum absolute atomic E-state index is 0.639. The molecule has 62 valence electrons. The summed E-state index contributed by atoms with van der Waals surface area (Å²) in [7, 11) is 0. The van der Waals surface area contributed by atoms with Gasteiger partial charge in [-0.05, 0) is 31.3 Å². The lowest BCUT2D eigenvalue weighted by Crippen LogP contribution is -2.16. The van der Waals surface area contributed by atoms with Crippen molar-refractivity contribution in [2.45, 2.75) is 19.3 Å². The highest BCUT2D eigenvalue weighted by atomic mass is 16.5. The molecule has 0 amide bonds. The number of hydrogen-bond donors (Lipinski definition) is 0. The van der Waals surface area contributed by atoms with Crippen LogP contribution in [0.4, 0.5) is 0 Å². The molecule has 1 unspecified atom stereocenters. The van der Waals surface area contributed by atoms with Gasteiger partial charge in [0, 0.05) is 13.2 Å². The second-order valence-corrected chi connectivity index (χ2v) is 2.88. The van der Waals surface area contributed by atoms with Gasteiger partial charge in [-0.1, -0.05) is 6.08 Å². The molecule has 0 aromatic heterocycles. The SMILES string of the molecule is O=C/C=C\CC1CCCOC1. The number of carbonyl (C=O) groups excluding carboxylic acids is 1. The predicted octanol–water partition coefficient (Wildman–Crippen LogP) is 1.56. The summed E-state index contributed by atoms with van der Waals surface area (Å²) >= 11 is 0. The molecule has 1 fully saturated rings. The summed E-state index contributed by atoms with van der Waals surface area (Å²) in [6, 6.07) is 0. The summed E-state index contributed by atoms with van der Waals surface area (Å²) in [6.07, 6.45) is 7.70.